The van der Waals surface area contributed by atoms with Crippen molar-refractivity contribution in [2.45, 2.75) is 52.9 Å². The molecule has 0 heteroatoms. The number of rotatable bonds is 2. The topological polar surface area (TPSA) is 0 Å². The number of hydrogen-bond donors (Lipinski definition) is 0. The molecule has 0 aromatic carbocycles. The van der Waals surface area contributed by atoms with Crippen LogP contribution in [0.25, 0.3) is 0 Å². The summed E-state index contributed by atoms with van der Waals surface area (Å²) in [4.78, 5) is 0. The highest BCUT2D eigenvalue weighted by Crippen LogP contribution is 2.83. The molecule has 7 unspecified atom stereocenters. The lowest BCUT2D eigenvalue weighted by Crippen LogP contribution is -2.39. The molecule has 4 fully saturated rings. The van der Waals surface area contributed by atoms with Crippen molar-refractivity contribution in [1.82, 2.24) is 0 Å². The van der Waals surface area contributed by atoms with Gasteiger partial charge >= 0.3 is 0 Å². The average molecular weight is 204 g/mol. The molecule has 4 aliphatic carbocycles. The minimum Gasteiger partial charge on any atom is -0.0651 e. The Balaban J connectivity index is 1.43. The van der Waals surface area contributed by atoms with E-state index in [9.17, 15) is 0 Å². The van der Waals surface area contributed by atoms with Crippen molar-refractivity contribution in [2.75, 3.05) is 0 Å². The van der Waals surface area contributed by atoms with Gasteiger partial charge in [-0.05, 0) is 66.1 Å². The Bertz CT molecular complexity index is 320. The van der Waals surface area contributed by atoms with Gasteiger partial charge in [0.25, 0.3) is 0 Å². The third kappa shape index (κ3) is 0.875. The molecule has 84 valence electrons. The minimum atomic E-state index is 0.866. The molecule has 0 N–H and O–H groups in total. The van der Waals surface area contributed by atoms with Crippen LogP contribution in [0.4, 0.5) is 0 Å². The second-order valence-corrected chi connectivity index (χ2v) is 7.35. The summed E-state index contributed by atoms with van der Waals surface area (Å²) < 4.78 is 0. The molecule has 0 heterocycles. The lowest BCUT2D eigenvalue weighted by atomic mass is 9.59. The van der Waals surface area contributed by atoms with E-state index in [-0.39, 0.29) is 0 Å². The highest BCUT2D eigenvalue weighted by atomic mass is 14.8. The fourth-order valence-corrected chi connectivity index (χ4v) is 5.57. The summed E-state index contributed by atoms with van der Waals surface area (Å²) in [5.41, 5.74) is 1.79. The fraction of sp³-hybridized carbons (Fsp3) is 1.00. The van der Waals surface area contributed by atoms with Crippen LogP contribution < -0.4 is 0 Å². The first kappa shape index (κ1) is 9.07. The first-order valence-electron chi connectivity index (χ1n) is 7.14. The van der Waals surface area contributed by atoms with Gasteiger partial charge in [0, 0.05) is 0 Å². The van der Waals surface area contributed by atoms with E-state index in [0.717, 1.165) is 34.5 Å². The van der Waals surface area contributed by atoms with Crippen LogP contribution in [0.5, 0.6) is 0 Å². The van der Waals surface area contributed by atoms with Crippen LogP contribution >= 0.6 is 0 Å². The molecule has 2 spiro atoms. The molecular formula is C15H24. The van der Waals surface area contributed by atoms with E-state index in [4.69, 9.17) is 0 Å². The quantitative estimate of drug-likeness (QED) is 0.635. The van der Waals surface area contributed by atoms with Crippen LogP contribution in [0.15, 0.2) is 0 Å². The first-order chi connectivity index (χ1) is 7.14. The van der Waals surface area contributed by atoms with Gasteiger partial charge in [-0.15, -0.1) is 0 Å². The molecular weight excluding hydrogens is 180 g/mol. The van der Waals surface area contributed by atoms with Gasteiger partial charge in [0.1, 0.15) is 0 Å². The summed E-state index contributed by atoms with van der Waals surface area (Å²) in [5, 5.41) is 0. The zero-order valence-electron chi connectivity index (χ0n) is 10.4. The van der Waals surface area contributed by atoms with E-state index in [1.165, 1.54) is 12.3 Å². The Labute approximate surface area is 93.8 Å². The van der Waals surface area contributed by atoms with E-state index < -0.39 is 0 Å². The van der Waals surface area contributed by atoms with Crippen LogP contribution in [-0.4, -0.2) is 0 Å². The van der Waals surface area contributed by atoms with Crippen molar-refractivity contribution in [3.63, 3.8) is 0 Å². The molecule has 0 aromatic rings. The van der Waals surface area contributed by atoms with Crippen LogP contribution in [0.1, 0.15) is 52.9 Å². The highest BCUT2D eigenvalue weighted by Gasteiger charge is 2.76. The Morgan fingerprint density at radius 3 is 2.20 bits per heavy atom. The maximum absolute atomic E-state index is 2.56. The minimum absolute atomic E-state index is 0.866. The Hall–Kier alpha value is 0. The standard InChI is InChI=1S/C15H24/c1-4-11-6-15(11)8-13(15)12-7-14(10(12)3)5-9(14)2/h9-13H,4-8H2,1-3H3. The molecule has 0 aromatic heterocycles. The third-order valence-electron chi connectivity index (χ3n) is 7.14. The average Bonchev–Trinajstić information content (AvgIpc) is 3.10. The monoisotopic (exact) mass is 204 g/mol. The third-order valence-corrected chi connectivity index (χ3v) is 7.14. The number of hydrogen-bond acceptors (Lipinski definition) is 0. The molecule has 15 heavy (non-hydrogen) atoms. The zero-order chi connectivity index (χ0) is 10.4. The lowest BCUT2D eigenvalue weighted by Gasteiger charge is -2.45. The molecule has 0 nitrogen and oxygen atoms in total. The van der Waals surface area contributed by atoms with E-state index in [2.05, 4.69) is 20.8 Å². The Morgan fingerprint density at radius 1 is 1.00 bits per heavy atom. The first-order valence-corrected chi connectivity index (χ1v) is 7.14. The van der Waals surface area contributed by atoms with Gasteiger partial charge in [-0.2, -0.15) is 0 Å². The second kappa shape index (κ2) is 2.31. The molecule has 0 radical (unpaired) electrons. The smallest absolute Gasteiger partial charge is 0.0232 e. The van der Waals surface area contributed by atoms with Crippen molar-refractivity contribution in [2.24, 2.45) is 40.4 Å². The molecule has 4 saturated carbocycles. The highest BCUT2D eigenvalue weighted by molar-refractivity contribution is 5.24. The lowest BCUT2D eigenvalue weighted by molar-refractivity contribution is 0.0279. The summed E-state index contributed by atoms with van der Waals surface area (Å²) in [5.74, 6) is 5.61. The summed E-state index contributed by atoms with van der Waals surface area (Å²) in [6, 6.07) is 0. The zero-order valence-corrected chi connectivity index (χ0v) is 10.4. The van der Waals surface area contributed by atoms with Crippen molar-refractivity contribution in [1.29, 1.82) is 0 Å². The summed E-state index contributed by atoms with van der Waals surface area (Å²) in [6.07, 6.45) is 7.84. The largest absolute Gasteiger partial charge is 0.0651 e. The van der Waals surface area contributed by atoms with Gasteiger partial charge in [0.05, 0.1) is 0 Å². The molecule has 0 saturated heterocycles. The van der Waals surface area contributed by atoms with E-state index >= 15 is 0 Å². The van der Waals surface area contributed by atoms with E-state index in [0.29, 0.717) is 0 Å². The maximum atomic E-state index is 2.56. The Morgan fingerprint density at radius 2 is 1.73 bits per heavy atom. The second-order valence-electron chi connectivity index (χ2n) is 7.35. The van der Waals surface area contributed by atoms with Gasteiger partial charge in [-0.1, -0.05) is 27.2 Å². The van der Waals surface area contributed by atoms with Crippen LogP contribution in [-0.2, 0) is 0 Å². The normalized spacial score (nSPS) is 69.4. The van der Waals surface area contributed by atoms with Crippen LogP contribution in [0.3, 0.4) is 0 Å². The van der Waals surface area contributed by atoms with Gasteiger partial charge in [0.2, 0.25) is 0 Å². The van der Waals surface area contributed by atoms with Gasteiger partial charge in [0.15, 0.2) is 0 Å². The molecule has 0 bridgehead atoms. The van der Waals surface area contributed by atoms with Crippen molar-refractivity contribution in [3.05, 3.63) is 0 Å². The van der Waals surface area contributed by atoms with Crippen LogP contribution in [0, 0.1) is 40.4 Å². The molecule has 0 amide bonds. The maximum Gasteiger partial charge on any atom is -0.0232 e. The molecule has 4 aliphatic rings. The SMILES string of the molecule is CCC1CC12CC2C1CC2(CC2C)C1C. The van der Waals surface area contributed by atoms with Gasteiger partial charge < -0.3 is 0 Å². The Kier molecular flexibility index (Phi) is 1.40. The van der Waals surface area contributed by atoms with Crippen molar-refractivity contribution in [3.8, 4) is 0 Å². The van der Waals surface area contributed by atoms with Crippen molar-refractivity contribution < 1.29 is 0 Å². The van der Waals surface area contributed by atoms with Gasteiger partial charge in [-0.25, -0.2) is 0 Å². The van der Waals surface area contributed by atoms with Crippen LogP contribution in [0.2, 0.25) is 0 Å². The summed E-state index contributed by atoms with van der Waals surface area (Å²) in [7, 11) is 0. The summed E-state index contributed by atoms with van der Waals surface area (Å²) >= 11 is 0. The molecule has 7 atom stereocenters. The predicted molar refractivity (Wildman–Crippen MR) is 62.4 cm³/mol. The van der Waals surface area contributed by atoms with E-state index in [1.54, 1.807) is 25.7 Å². The van der Waals surface area contributed by atoms with Gasteiger partial charge in [-0.3, -0.25) is 0 Å². The molecule has 4 rings (SSSR count). The van der Waals surface area contributed by atoms with Crippen molar-refractivity contribution >= 4 is 0 Å². The predicted octanol–water partition coefficient (Wildman–Crippen LogP) is 4.10. The van der Waals surface area contributed by atoms with E-state index in [1.807, 2.05) is 0 Å². The molecule has 0 aliphatic heterocycles. The fourth-order valence-electron chi connectivity index (χ4n) is 5.57. The summed E-state index contributed by atoms with van der Waals surface area (Å²) in [6.45, 7) is 7.43.